The summed E-state index contributed by atoms with van der Waals surface area (Å²) in [5.74, 6) is 1.44. The number of rotatable bonds is 4. The number of likely N-dealkylation sites (N-methyl/N-ethyl adjacent to an activating group) is 2. The average molecular weight is 236 g/mol. The number of aryl methyl sites for hydroxylation is 1. The molecular weight excluding hydrogens is 220 g/mol. The van der Waals surface area contributed by atoms with Gasteiger partial charge in [0.15, 0.2) is 5.65 Å². The predicted molar refractivity (Wildman–Crippen MR) is 65.5 cm³/mol. The number of nitrogens with zero attached hydrogens (tertiary/aromatic N) is 4. The van der Waals surface area contributed by atoms with Gasteiger partial charge >= 0.3 is 5.69 Å². The molecular formula is C10H16N6O. The lowest BCUT2D eigenvalue weighted by Crippen LogP contribution is -2.28. The third-order valence-corrected chi connectivity index (χ3v) is 2.64. The number of hydrogen-bond acceptors (Lipinski definition) is 5. The quantitative estimate of drug-likeness (QED) is 0.740. The topological polar surface area (TPSA) is 78.3 Å². The molecule has 0 saturated heterocycles. The highest BCUT2D eigenvalue weighted by molar-refractivity contribution is 5.50. The lowest BCUT2D eigenvalue weighted by atomic mass is 10.4. The van der Waals surface area contributed by atoms with E-state index in [9.17, 15) is 4.79 Å². The molecule has 2 aromatic rings. The summed E-state index contributed by atoms with van der Waals surface area (Å²) in [6, 6.07) is 1.79. The Bertz CT molecular complexity index is 572. The van der Waals surface area contributed by atoms with Crippen molar-refractivity contribution in [1.82, 2.24) is 24.9 Å². The SMILES string of the molecule is CNCCN(C)c1cc2n[nH]c(=O)n2c(C)n1. The van der Waals surface area contributed by atoms with Gasteiger partial charge in [0.25, 0.3) is 0 Å². The highest BCUT2D eigenvalue weighted by Gasteiger charge is 2.09. The minimum atomic E-state index is -0.255. The molecule has 0 aliphatic carbocycles. The molecule has 0 spiro atoms. The van der Waals surface area contributed by atoms with Crippen molar-refractivity contribution in [2.45, 2.75) is 6.92 Å². The number of aromatic nitrogens is 4. The van der Waals surface area contributed by atoms with Gasteiger partial charge in [0.2, 0.25) is 0 Å². The molecule has 0 aliphatic rings. The summed E-state index contributed by atoms with van der Waals surface area (Å²) < 4.78 is 1.45. The summed E-state index contributed by atoms with van der Waals surface area (Å²) in [6.45, 7) is 3.50. The summed E-state index contributed by atoms with van der Waals surface area (Å²) in [7, 11) is 3.86. The lowest BCUT2D eigenvalue weighted by Gasteiger charge is -2.18. The van der Waals surface area contributed by atoms with Crippen molar-refractivity contribution in [2.75, 3.05) is 32.1 Å². The average Bonchev–Trinajstić information content (AvgIpc) is 2.68. The lowest BCUT2D eigenvalue weighted by molar-refractivity contribution is 0.757. The second kappa shape index (κ2) is 4.54. The van der Waals surface area contributed by atoms with Crippen LogP contribution in [0, 0.1) is 6.92 Å². The minimum absolute atomic E-state index is 0.255. The van der Waals surface area contributed by atoms with Crippen LogP contribution in [0.15, 0.2) is 10.9 Å². The molecule has 0 saturated carbocycles. The van der Waals surface area contributed by atoms with Crippen molar-refractivity contribution in [3.05, 3.63) is 22.4 Å². The summed E-state index contributed by atoms with van der Waals surface area (Å²) in [5.41, 5.74) is 0.336. The molecule has 2 heterocycles. The Morgan fingerprint density at radius 3 is 3.06 bits per heavy atom. The van der Waals surface area contributed by atoms with Gasteiger partial charge in [0.05, 0.1) is 0 Å². The van der Waals surface area contributed by atoms with E-state index in [0.717, 1.165) is 18.9 Å². The van der Waals surface area contributed by atoms with E-state index in [-0.39, 0.29) is 5.69 Å². The van der Waals surface area contributed by atoms with Gasteiger partial charge in [-0.3, -0.25) is 0 Å². The molecule has 0 amide bonds. The molecule has 2 aromatic heterocycles. The first kappa shape index (κ1) is 11.6. The molecule has 7 nitrogen and oxygen atoms in total. The molecule has 17 heavy (non-hydrogen) atoms. The standard InChI is InChI=1S/C10H16N6O/c1-7-12-8(15(3)5-4-11-2)6-9-13-14-10(17)16(7)9/h6,11H,4-5H2,1-3H3,(H,14,17). The highest BCUT2D eigenvalue weighted by atomic mass is 16.1. The zero-order chi connectivity index (χ0) is 12.4. The van der Waals surface area contributed by atoms with E-state index in [0.29, 0.717) is 11.5 Å². The molecule has 0 radical (unpaired) electrons. The Hall–Kier alpha value is -1.89. The van der Waals surface area contributed by atoms with Gasteiger partial charge < -0.3 is 10.2 Å². The van der Waals surface area contributed by atoms with Crippen molar-refractivity contribution in [1.29, 1.82) is 0 Å². The van der Waals surface area contributed by atoms with Crippen molar-refractivity contribution in [2.24, 2.45) is 0 Å². The zero-order valence-corrected chi connectivity index (χ0v) is 10.2. The van der Waals surface area contributed by atoms with Crippen LogP contribution in [0.3, 0.4) is 0 Å². The molecule has 92 valence electrons. The number of fused-ring (bicyclic) bond motifs is 1. The summed E-state index contributed by atoms with van der Waals surface area (Å²) in [4.78, 5) is 17.8. The molecule has 2 N–H and O–H groups in total. The number of hydrogen-bond donors (Lipinski definition) is 2. The highest BCUT2D eigenvalue weighted by Crippen LogP contribution is 2.11. The van der Waals surface area contributed by atoms with E-state index in [1.807, 2.05) is 19.0 Å². The van der Waals surface area contributed by atoms with Crippen LogP contribution in [-0.4, -0.2) is 46.8 Å². The van der Waals surface area contributed by atoms with Crippen LogP contribution >= 0.6 is 0 Å². The Kier molecular flexibility index (Phi) is 3.10. The Labute approximate surface area is 98.5 Å². The maximum atomic E-state index is 11.4. The molecule has 0 unspecified atom stereocenters. The maximum Gasteiger partial charge on any atom is 0.349 e. The summed E-state index contributed by atoms with van der Waals surface area (Å²) >= 11 is 0. The van der Waals surface area contributed by atoms with Gasteiger partial charge in [-0.1, -0.05) is 0 Å². The van der Waals surface area contributed by atoms with Gasteiger partial charge in [-0.2, -0.15) is 5.10 Å². The third kappa shape index (κ3) is 2.14. The van der Waals surface area contributed by atoms with Crippen LogP contribution in [0.4, 0.5) is 5.82 Å². The monoisotopic (exact) mass is 236 g/mol. The summed E-state index contributed by atoms with van der Waals surface area (Å²) in [5, 5.41) is 9.44. The van der Waals surface area contributed by atoms with Crippen LogP contribution in [0.2, 0.25) is 0 Å². The second-order valence-electron chi connectivity index (χ2n) is 3.91. The number of nitrogens with one attached hydrogen (secondary N) is 2. The van der Waals surface area contributed by atoms with Crippen molar-refractivity contribution < 1.29 is 0 Å². The van der Waals surface area contributed by atoms with Gasteiger partial charge in [-0.15, -0.1) is 0 Å². The van der Waals surface area contributed by atoms with Gasteiger partial charge in [-0.25, -0.2) is 19.3 Å². The molecule has 7 heteroatoms. The third-order valence-electron chi connectivity index (χ3n) is 2.64. The van der Waals surface area contributed by atoms with E-state index in [1.54, 1.807) is 13.0 Å². The van der Waals surface area contributed by atoms with E-state index < -0.39 is 0 Å². The molecule has 0 bridgehead atoms. The number of H-pyrrole nitrogens is 1. The predicted octanol–water partition coefficient (Wildman–Crippen LogP) is -0.618. The summed E-state index contributed by atoms with van der Waals surface area (Å²) in [6.07, 6.45) is 0. The molecule has 0 atom stereocenters. The minimum Gasteiger partial charge on any atom is -0.358 e. The number of aromatic amines is 1. The molecule has 0 fully saturated rings. The van der Waals surface area contributed by atoms with Crippen LogP contribution in [0.25, 0.3) is 5.65 Å². The largest absolute Gasteiger partial charge is 0.358 e. The van der Waals surface area contributed by atoms with E-state index in [2.05, 4.69) is 20.5 Å². The van der Waals surface area contributed by atoms with Crippen LogP contribution in [0.1, 0.15) is 5.82 Å². The van der Waals surface area contributed by atoms with Gasteiger partial charge in [0, 0.05) is 26.2 Å². The van der Waals surface area contributed by atoms with Crippen molar-refractivity contribution in [3.63, 3.8) is 0 Å². The van der Waals surface area contributed by atoms with E-state index in [1.165, 1.54) is 4.40 Å². The first-order valence-electron chi connectivity index (χ1n) is 5.44. The molecule has 0 aliphatic heterocycles. The fourth-order valence-corrected chi connectivity index (χ4v) is 1.67. The first-order valence-corrected chi connectivity index (χ1v) is 5.44. The Morgan fingerprint density at radius 2 is 2.35 bits per heavy atom. The van der Waals surface area contributed by atoms with E-state index in [4.69, 9.17) is 0 Å². The van der Waals surface area contributed by atoms with Crippen LogP contribution < -0.4 is 15.9 Å². The van der Waals surface area contributed by atoms with Crippen molar-refractivity contribution >= 4 is 11.5 Å². The fraction of sp³-hybridized carbons (Fsp3) is 0.500. The molecule has 0 aromatic carbocycles. The first-order chi connectivity index (χ1) is 8.13. The van der Waals surface area contributed by atoms with Gasteiger partial charge in [-0.05, 0) is 14.0 Å². The van der Waals surface area contributed by atoms with Crippen LogP contribution in [0.5, 0.6) is 0 Å². The zero-order valence-electron chi connectivity index (χ0n) is 10.2. The van der Waals surface area contributed by atoms with E-state index >= 15 is 0 Å². The molecule has 2 rings (SSSR count). The smallest absolute Gasteiger partial charge is 0.349 e. The van der Waals surface area contributed by atoms with Crippen molar-refractivity contribution in [3.8, 4) is 0 Å². The normalized spacial score (nSPS) is 11.0. The second-order valence-corrected chi connectivity index (χ2v) is 3.91. The Balaban J connectivity index is 2.40. The Morgan fingerprint density at radius 1 is 1.59 bits per heavy atom. The van der Waals surface area contributed by atoms with Gasteiger partial charge in [0.1, 0.15) is 11.6 Å². The fourth-order valence-electron chi connectivity index (χ4n) is 1.67. The van der Waals surface area contributed by atoms with Crippen LogP contribution in [-0.2, 0) is 0 Å². The number of anilines is 1. The maximum absolute atomic E-state index is 11.4.